The van der Waals surface area contributed by atoms with Crippen LogP contribution in [0.15, 0.2) is 41.0 Å². The van der Waals surface area contributed by atoms with Crippen molar-refractivity contribution in [1.82, 2.24) is 4.98 Å². The van der Waals surface area contributed by atoms with Gasteiger partial charge in [0, 0.05) is 16.2 Å². The van der Waals surface area contributed by atoms with E-state index in [1.807, 2.05) is 13.0 Å². The molecule has 0 atom stereocenters. The molecule has 0 aliphatic rings. The average molecular weight is 335 g/mol. The number of nitrogens with one attached hydrogen (secondary N) is 1. The SMILES string of the molecule is Cc1ccc(C(=O)Nc2cc(C(=O)O)ccn2)cc1Br. The summed E-state index contributed by atoms with van der Waals surface area (Å²) in [6.07, 6.45) is 1.34. The molecule has 20 heavy (non-hydrogen) atoms. The molecule has 1 aromatic carbocycles. The van der Waals surface area contributed by atoms with Crippen molar-refractivity contribution >= 4 is 33.6 Å². The Bertz CT molecular complexity index is 686. The van der Waals surface area contributed by atoms with Gasteiger partial charge in [0.05, 0.1) is 5.56 Å². The first kappa shape index (κ1) is 14.2. The number of halogens is 1. The molecular weight excluding hydrogens is 324 g/mol. The van der Waals surface area contributed by atoms with Crippen molar-refractivity contribution in [2.24, 2.45) is 0 Å². The van der Waals surface area contributed by atoms with E-state index in [9.17, 15) is 9.59 Å². The third-order valence-corrected chi connectivity index (χ3v) is 3.54. The zero-order chi connectivity index (χ0) is 14.7. The van der Waals surface area contributed by atoms with Crippen LogP contribution in [0.1, 0.15) is 26.3 Å². The quantitative estimate of drug-likeness (QED) is 0.903. The first-order valence-electron chi connectivity index (χ1n) is 5.74. The fraction of sp³-hybridized carbons (Fsp3) is 0.0714. The largest absolute Gasteiger partial charge is 0.478 e. The monoisotopic (exact) mass is 334 g/mol. The highest BCUT2D eigenvalue weighted by molar-refractivity contribution is 9.10. The maximum absolute atomic E-state index is 12.0. The van der Waals surface area contributed by atoms with Crippen molar-refractivity contribution in [2.75, 3.05) is 5.32 Å². The molecule has 0 saturated heterocycles. The van der Waals surface area contributed by atoms with Gasteiger partial charge in [0.1, 0.15) is 5.82 Å². The van der Waals surface area contributed by atoms with E-state index in [1.165, 1.54) is 18.3 Å². The van der Waals surface area contributed by atoms with Gasteiger partial charge in [-0.1, -0.05) is 22.0 Å². The van der Waals surface area contributed by atoms with Crippen LogP contribution in [0.2, 0.25) is 0 Å². The maximum Gasteiger partial charge on any atom is 0.335 e. The summed E-state index contributed by atoms with van der Waals surface area (Å²) in [4.78, 5) is 26.8. The van der Waals surface area contributed by atoms with Crippen LogP contribution in [0.25, 0.3) is 0 Å². The minimum absolute atomic E-state index is 0.0698. The molecule has 5 nitrogen and oxygen atoms in total. The first-order valence-corrected chi connectivity index (χ1v) is 6.53. The second-order valence-electron chi connectivity index (χ2n) is 4.15. The Morgan fingerprint density at radius 1 is 1.20 bits per heavy atom. The van der Waals surface area contributed by atoms with Crippen LogP contribution in [0.3, 0.4) is 0 Å². The summed E-state index contributed by atoms with van der Waals surface area (Å²) in [5, 5.41) is 11.4. The number of aryl methyl sites for hydroxylation is 1. The lowest BCUT2D eigenvalue weighted by Gasteiger charge is -2.06. The number of hydrogen-bond donors (Lipinski definition) is 2. The molecule has 102 valence electrons. The van der Waals surface area contributed by atoms with Gasteiger partial charge in [-0.05, 0) is 36.8 Å². The molecule has 0 saturated carbocycles. The van der Waals surface area contributed by atoms with Crippen molar-refractivity contribution in [2.45, 2.75) is 6.92 Å². The molecule has 1 amide bonds. The number of rotatable bonds is 3. The van der Waals surface area contributed by atoms with Crippen LogP contribution >= 0.6 is 15.9 Å². The fourth-order valence-electron chi connectivity index (χ4n) is 1.55. The fourth-order valence-corrected chi connectivity index (χ4v) is 1.93. The van der Waals surface area contributed by atoms with Crippen LogP contribution in [0, 0.1) is 6.92 Å². The van der Waals surface area contributed by atoms with E-state index in [0.29, 0.717) is 5.56 Å². The third kappa shape index (κ3) is 3.21. The van der Waals surface area contributed by atoms with Crippen LogP contribution in [0.4, 0.5) is 5.82 Å². The molecule has 0 bridgehead atoms. The zero-order valence-electron chi connectivity index (χ0n) is 10.6. The summed E-state index contributed by atoms with van der Waals surface area (Å²) in [5.41, 5.74) is 1.55. The number of aromatic nitrogens is 1. The molecule has 0 radical (unpaired) electrons. The summed E-state index contributed by atoms with van der Waals surface area (Å²) < 4.78 is 0.831. The van der Waals surface area contributed by atoms with E-state index in [-0.39, 0.29) is 17.3 Å². The Hall–Kier alpha value is -2.21. The lowest BCUT2D eigenvalue weighted by molar-refractivity contribution is 0.0696. The maximum atomic E-state index is 12.0. The second kappa shape index (κ2) is 5.83. The van der Waals surface area contributed by atoms with Gasteiger partial charge in [-0.15, -0.1) is 0 Å². The molecule has 0 fully saturated rings. The lowest BCUT2D eigenvalue weighted by atomic mass is 10.1. The number of pyridine rings is 1. The Balaban J connectivity index is 2.21. The number of amides is 1. The highest BCUT2D eigenvalue weighted by Crippen LogP contribution is 2.18. The molecule has 0 aliphatic heterocycles. The summed E-state index contributed by atoms with van der Waals surface area (Å²) in [6.45, 7) is 1.92. The molecule has 1 aromatic heterocycles. The second-order valence-corrected chi connectivity index (χ2v) is 5.01. The Labute approximate surface area is 123 Å². The van der Waals surface area contributed by atoms with Gasteiger partial charge < -0.3 is 10.4 Å². The van der Waals surface area contributed by atoms with Crippen molar-refractivity contribution in [3.63, 3.8) is 0 Å². The summed E-state index contributed by atoms with van der Waals surface area (Å²) in [7, 11) is 0. The van der Waals surface area contributed by atoms with Gasteiger partial charge in [-0.2, -0.15) is 0 Å². The number of hydrogen-bond acceptors (Lipinski definition) is 3. The van der Waals surface area contributed by atoms with Crippen molar-refractivity contribution in [3.05, 3.63) is 57.7 Å². The first-order chi connectivity index (χ1) is 9.47. The van der Waals surface area contributed by atoms with Gasteiger partial charge in [0.15, 0.2) is 0 Å². The molecule has 0 aliphatic carbocycles. The third-order valence-electron chi connectivity index (χ3n) is 2.68. The van der Waals surface area contributed by atoms with E-state index in [4.69, 9.17) is 5.11 Å². The smallest absolute Gasteiger partial charge is 0.335 e. The number of nitrogens with zero attached hydrogens (tertiary/aromatic N) is 1. The zero-order valence-corrected chi connectivity index (χ0v) is 12.1. The van der Waals surface area contributed by atoms with Gasteiger partial charge in [-0.3, -0.25) is 4.79 Å². The summed E-state index contributed by atoms with van der Waals surface area (Å²) in [5.74, 6) is -1.21. The number of carbonyl (C=O) groups is 2. The summed E-state index contributed by atoms with van der Waals surface area (Å²) >= 11 is 3.36. The Morgan fingerprint density at radius 3 is 2.60 bits per heavy atom. The molecule has 2 N–H and O–H groups in total. The van der Waals surface area contributed by atoms with E-state index in [0.717, 1.165) is 10.0 Å². The minimum atomic E-state index is -1.07. The van der Waals surface area contributed by atoms with E-state index in [2.05, 4.69) is 26.2 Å². The number of carbonyl (C=O) groups excluding carboxylic acids is 1. The molecule has 0 unspecified atom stereocenters. The van der Waals surface area contributed by atoms with Gasteiger partial charge in [-0.25, -0.2) is 9.78 Å². The standard InChI is InChI=1S/C14H11BrN2O3/c1-8-2-3-9(6-11(8)15)13(18)17-12-7-10(14(19)20)4-5-16-12/h2-7H,1H3,(H,19,20)(H,16,17,18). The van der Waals surface area contributed by atoms with Crippen LogP contribution in [0.5, 0.6) is 0 Å². The lowest BCUT2D eigenvalue weighted by Crippen LogP contribution is -2.13. The predicted molar refractivity (Wildman–Crippen MR) is 78.0 cm³/mol. The van der Waals surface area contributed by atoms with Crippen LogP contribution in [-0.4, -0.2) is 22.0 Å². The topological polar surface area (TPSA) is 79.3 Å². The number of carboxylic acids is 1. The number of carboxylic acid groups (broad SMARTS) is 1. The van der Waals surface area contributed by atoms with Crippen molar-refractivity contribution < 1.29 is 14.7 Å². The molecule has 2 rings (SSSR count). The molecule has 2 aromatic rings. The highest BCUT2D eigenvalue weighted by Gasteiger charge is 2.10. The Kier molecular flexibility index (Phi) is 4.14. The Morgan fingerprint density at radius 2 is 1.95 bits per heavy atom. The van der Waals surface area contributed by atoms with Gasteiger partial charge in [0.25, 0.3) is 5.91 Å². The van der Waals surface area contributed by atoms with Gasteiger partial charge >= 0.3 is 5.97 Å². The molecular formula is C14H11BrN2O3. The highest BCUT2D eigenvalue weighted by atomic mass is 79.9. The molecule has 1 heterocycles. The number of aromatic carboxylic acids is 1. The number of anilines is 1. The predicted octanol–water partition coefficient (Wildman–Crippen LogP) is 3.10. The van der Waals surface area contributed by atoms with E-state index >= 15 is 0 Å². The molecule has 0 spiro atoms. The minimum Gasteiger partial charge on any atom is -0.478 e. The van der Waals surface area contributed by atoms with Crippen LogP contribution in [-0.2, 0) is 0 Å². The van der Waals surface area contributed by atoms with Gasteiger partial charge in [0.2, 0.25) is 0 Å². The molecule has 6 heteroatoms. The average Bonchev–Trinajstić information content (AvgIpc) is 2.42. The van der Waals surface area contributed by atoms with Crippen LogP contribution < -0.4 is 5.32 Å². The van der Waals surface area contributed by atoms with E-state index in [1.54, 1.807) is 12.1 Å². The van der Waals surface area contributed by atoms with E-state index < -0.39 is 5.97 Å². The number of benzene rings is 1. The van der Waals surface area contributed by atoms with Crippen molar-refractivity contribution in [1.29, 1.82) is 0 Å². The summed E-state index contributed by atoms with van der Waals surface area (Å²) in [6, 6.07) is 7.88. The van der Waals surface area contributed by atoms with Crippen molar-refractivity contribution in [3.8, 4) is 0 Å². The normalized spacial score (nSPS) is 10.1.